The smallest absolute Gasteiger partial charge is 0.274 e. The van der Waals surface area contributed by atoms with Crippen LogP contribution in [0.4, 0.5) is 0 Å². The van der Waals surface area contributed by atoms with E-state index in [2.05, 4.69) is 5.32 Å². The highest BCUT2D eigenvalue weighted by Gasteiger charge is 2.19. The van der Waals surface area contributed by atoms with Crippen LogP contribution >= 0.6 is 0 Å². The van der Waals surface area contributed by atoms with E-state index in [9.17, 15) is 10.1 Å². The van der Waals surface area contributed by atoms with Gasteiger partial charge < -0.3 is 16.0 Å². The molecule has 0 aromatic heterocycles. The number of nitro groups is 1. The van der Waals surface area contributed by atoms with Gasteiger partial charge in [0.1, 0.15) is 0 Å². The molecule has 6 heteroatoms. The lowest BCUT2D eigenvalue weighted by Gasteiger charge is -2.18. The molecule has 0 aromatic carbocycles. The summed E-state index contributed by atoms with van der Waals surface area (Å²) in [5.41, 5.74) is 5.60. The molecule has 0 unspecified atom stereocenters. The van der Waals surface area contributed by atoms with E-state index >= 15 is 0 Å². The fourth-order valence-electron chi connectivity index (χ4n) is 1.32. The van der Waals surface area contributed by atoms with Gasteiger partial charge in [0.05, 0.1) is 4.92 Å². The Hall–Kier alpha value is -1.30. The molecule has 1 rings (SSSR count). The van der Waals surface area contributed by atoms with Crippen LogP contribution in [0.3, 0.4) is 0 Å². The largest absolute Gasteiger partial charge is 0.365 e. The average molecular weight is 186 g/mol. The van der Waals surface area contributed by atoms with Gasteiger partial charge in [0.15, 0.2) is 5.82 Å². The molecule has 1 heterocycles. The van der Waals surface area contributed by atoms with E-state index in [4.69, 9.17) is 5.73 Å². The Labute approximate surface area is 76.5 Å². The van der Waals surface area contributed by atoms with E-state index in [1.54, 1.807) is 0 Å². The van der Waals surface area contributed by atoms with Crippen LogP contribution < -0.4 is 11.1 Å². The zero-order chi connectivity index (χ0) is 9.84. The molecule has 1 fully saturated rings. The summed E-state index contributed by atoms with van der Waals surface area (Å²) in [6, 6.07) is 0.0232. The Morgan fingerprint density at radius 2 is 2.62 bits per heavy atom. The predicted octanol–water partition coefficient (Wildman–Crippen LogP) is -0.686. The highest BCUT2D eigenvalue weighted by atomic mass is 16.6. The van der Waals surface area contributed by atoms with Gasteiger partial charge in [0.2, 0.25) is 0 Å². The molecule has 0 aromatic rings. The minimum atomic E-state index is -0.457. The average Bonchev–Trinajstić information content (AvgIpc) is 2.34. The van der Waals surface area contributed by atoms with Crippen LogP contribution in [0.5, 0.6) is 0 Å². The third kappa shape index (κ3) is 2.90. The third-order valence-electron chi connectivity index (χ3n) is 1.76. The van der Waals surface area contributed by atoms with Crippen molar-refractivity contribution in [2.24, 2.45) is 5.73 Å². The minimum Gasteiger partial charge on any atom is -0.365 e. The second-order valence-corrected chi connectivity index (χ2v) is 3.15. The zero-order valence-corrected chi connectivity index (χ0v) is 7.56. The van der Waals surface area contributed by atoms with Crippen molar-refractivity contribution in [3.63, 3.8) is 0 Å². The predicted molar refractivity (Wildman–Crippen MR) is 48.3 cm³/mol. The molecule has 1 aliphatic heterocycles. The second kappa shape index (κ2) is 4.08. The van der Waals surface area contributed by atoms with Crippen molar-refractivity contribution in [2.75, 3.05) is 19.6 Å². The lowest BCUT2D eigenvalue weighted by Crippen LogP contribution is -2.33. The van der Waals surface area contributed by atoms with E-state index in [1.165, 1.54) is 0 Å². The SMILES string of the molecule is C[C@H](N)CN1CCN/C1=C\[N+](=O)[O-]. The van der Waals surface area contributed by atoms with Crippen molar-refractivity contribution in [2.45, 2.75) is 13.0 Å². The molecule has 0 aliphatic carbocycles. The fourth-order valence-corrected chi connectivity index (χ4v) is 1.32. The Morgan fingerprint density at radius 1 is 1.92 bits per heavy atom. The molecular weight excluding hydrogens is 172 g/mol. The molecule has 1 aliphatic rings. The van der Waals surface area contributed by atoms with E-state index in [-0.39, 0.29) is 6.04 Å². The minimum absolute atomic E-state index is 0.0232. The van der Waals surface area contributed by atoms with Gasteiger partial charge in [-0.3, -0.25) is 10.1 Å². The molecule has 0 radical (unpaired) electrons. The van der Waals surface area contributed by atoms with Crippen LogP contribution in [0.15, 0.2) is 12.0 Å². The van der Waals surface area contributed by atoms with Crippen LogP contribution in [0.1, 0.15) is 6.92 Å². The van der Waals surface area contributed by atoms with E-state index in [1.807, 2.05) is 11.8 Å². The molecule has 0 amide bonds. The lowest BCUT2D eigenvalue weighted by atomic mass is 10.3. The molecule has 0 spiro atoms. The molecule has 13 heavy (non-hydrogen) atoms. The van der Waals surface area contributed by atoms with Crippen molar-refractivity contribution in [3.05, 3.63) is 22.1 Å². The first-order chi connectivity index (χ1) is 6.09. The molecule has 0 bridgehead atoms. The van der Waals surface area contributed by atoms with Crippen molar-refractivity contribution >= 4 is 0 Å². The van der Waals surface area contributed by atoms with Gasteiger partial charge in [-0.1, -0.05) is 0 Å². The Kier molecular flexibility index (Phi) is 3.07. The number of hydrogen-bond acceptors (Lipinski definition) is 5. The van der Waals surface area contributed by atoms with Gasteiger partial charge in [-0.2, -0.15) is 0 Å². The summed E-state index contributed by atoms with van der Waals surface area (Å²) in [6.45, 7) is 4.04. The van der Waals surface area contributed by atoms with Gasteiger partial charge in [-0.25, -0.2) is 0 Å². The first-order valence-corrected chi connectivity index (χ1v) is 4.19. The summed E-state index contributed by atoms with van der Waals surface area (Å²) in [4.78, 5) is 11.6. The van der Waals surface area contributed by atoms with Gasteiger partial charge >= 0.3 is 0 Å². The monoisotopic (exact) mass is 186 g/mol. The maximum atomic E-state index is 10.2. The van der Waals surface area contributed by atoms with Crippen LogP contribution in [-0.2, 0) is 0 Å². The highest BCUT2D eigenvalue weighted by molar-refractivity contribution is 5.00. The lowest BCUT2D eigenvalue weighted by molar-refractivity contribution is -0.404. The van der Waals surface area contributed by atoms with Crippen molar-refractivity contribution < 1.29 is 4.92 Å². The molecule has 3 N–H and O–H groups in total. The molecule has 6 nitrogen and oxygen atoms in total. The third-order valence-corrected chi connectivity index (χ3v) is 1.76. The molecule has 0 saturated carbocycles. The van der Waals surface area contributed by atoms with Gasteiger partial charge in [-0.15, -0.1) is 0 Å². The van der Waals surface area contributed by atoms with Crippen molar-refractivity contribution in [1.29, 1.82) is 0 Å². The Bertz CT molecular complexity index is 227. The number of nitrogens with one attached hydrogen (secondary N) is 1. The summed E-state index contributed by atoms with van der Waals surface area (Å²) >= 11 is 0. The molecule has 74 valence electrons. The normalized spacial score (nSPS) is 21.7. The fraction of sp³-hybridized carbons (Fsp3) is 0.714. The van der Waals surface area contributed by atoms with Crippen molar-refractivity contribution in [3.8, 4) is 0 Å². The number of hydrogen-bond donors (Lipinski definition) is 2. The number of rotatable bonds is 3. The van der Waals surface area contributed by atoms with Gasteiger partial charge in [-0.05, 0) is 6.92 Å². The van der Waals surface area contributed by atoms with Crippen LogP contribution in [0.25, 0.3) is 0 Å². The summed E-state index contributed by atoms with van der Waals surface area (Å²) < 4.78 is 0. The van der Waals surface area contributed by atoms with Gasteiger partial charge in [0, 0.05) is 25.7 Å². The maximum Gasteiger partial charge on any atom is 0.274 e. The molecule has 1 atom stereocenters. The summed E-state index contributed by atoms with van der Waals surface area (Å²) in [6.07, 6.45) is 0.982. The van der Waals surface area contributed by atoms with Gasteiger partial charge in [0.25, 0.3) is 6.20 Å². The Balaban J connectivity index is 2.58. The van der Waals surface area contributed by atoms with Crippen molar-refractivity contribution in [1.82, 2.24) is 10.2 Å². The molecular formula is C7H14N4O2. The zero-order valence-electron chi connectivity index (χ0n) is 7.56. The standard InChI is InChI=1S/C7H14N4O2/c1-6(8)4-10-3-2-9-7(10)5-11(12)13/h5-6,9H,2-4,8H2,1H3/b7-5+/t6-/m0/s1. The first-order valence-electron chi connectivity index (χ1n) is 4.19. The summed E-state index contributed by atoms with van der Waals surface area (Å²) in [5.74, 6) is 0.558. The second-order valence-electron chi connectivity index (χ2n) is 3.15. The summed E-state index contributed by atoms with van der Waals surface area (Å²) in [5, 5.41) is 13.2. The maximum absolute atomic E-state index is 10.2. The topological polar surface area (TPSA) is 84.4 Å². The van der Waals surface area contributed by atoms with Crippen LogP contribution in [0.2, 0.25) is 0 Å². The first kappa shape index (κ1) is 9.79. The van der Waals surface area contributed by atoms with E-state index in [0.717, 1.165) is 19.3 Å². The number of nitrogens with two attached hydrogens (primary N) is 1. The highest BCUT2D eigenvalue weighted by Crippen LogP contribution is 2.06. The number of nitrogens with zero attached hydrogens (tertiary/aromatic N) is 2. The quantitative estimate of drug-likeness (QED) is 0.450. The van der Waals surface area contributed by atoms with Crippen LogP contribution in [-0.4, -0.2) is 35.5 Å². The van der Waals surface area contributed by atoms with E-state index < -0.39 is 4.92 Å². The van der Waals surface area contributed by atoms with Crippen LogP contribution in [0, 0.1) is 10.1 Å². The van der Waals surface area contributed by atoms with E-state index in [0.29, 0.717) is 12.4 Å². The Morgan fingerprint density at radius 3 is 3.15 bits per heavy atom. The summed E-state index contributed by atoms with van der Waals surface area (Å²) in [7, 11) is 0. The molecule has 1 saturated heterocycles.